The van der Waals surface area contributed by atoms with Crippen molar-refractivity contribution in [2.45, 2.75) is 26.7 Å². The second kappa shape index (κ2) is 14.3. The SMILES string of the molecule is CC(C)CN(CC(=O)Nc1nc(CC(=O)NCCCN2CCOCC2)cs1)C(=O)c1ccc(Cl)cc1. The van der Waals surface area contributed by atoms with Gasteiger partial charge in [-0.05, 0) is 43.1 Å². The zero-order chi connectivity index (χ0) is 25.9. The van der Waals surface area contributed by atoms with E-state index < -0.39 is 0 Å². The lowest BCUT2D eigenvalue weighted by molar-refractivity contribution is -0.120. The van der Waals surface area contributed by atoms with Crippen LogP contribution in [0.25, 0.3) is 0 Å². The molecule has 2 N–H and O–H groups in total. The molecule has 11 heteroatoms. The summed E-state index contributed by atoms with van der Waals surface area (Å²) >= 11 is 7.18. The van der Waals surface area contributed by atoms with Crippen LogP contribution in [0.4, 0.5) is 5.13 Å². The molecule has 0 radical (unpaired) electrons. The monoisotopic (exact) mass is 535 g/mol. The van der Waals surface area contributed by atoms with E-state index in [1.807, 2.05) is 13.8 Å². The van der Waals surface area contributed by atoms with Crippen LogP contribution in [0.3, 0.4) is 0 Å². The fourth-order valence-electron chi connectivity index (χ4n) is 3.80. The third-order valence-corrected chi connectivity index (χ3v) is 6.57. The molecular formula is C25H34ClN5O4S. The predicted molar refractivity (Wildman–Crippen MR) is 142 cm³/mol. The van der Waals surface area contributed by atoms with Gasteiger partial charge in [0.2, 0.25) is 11.8 Å². The molecule has 1 aliphatic heterocycles. The van der Waals surface area contributed by atoms with Gasteiger partial charge < -0.3 is 20.3 Å². The maximum atomic E-state index is 12.9. The highest BCUT2D eigenvalue weighted by Gasteiger charge is 2.21. The van der Waals surface area contributed by atoms with Crippen LogP contribution >= 0.6 is 22.9 Å². The molecule has 0 unspecified atom stereocenters. The highest BCUT2D eigenvalue weighted by Crippen LogP contribution is 2.17. The molecule has 0 spiro atoms. The molecule has 3 rings (SSSR count). The molecule has 0 bridgehead atoms. The molecule has 1 aliphatic rings. The summed E-state index contributed by atoms with van der Waals surface area (Å²) < 4.78 is 5.34. The number of anilines is 1. The van der Waals surface area contributed by atoms with E-state index in [0.717, 1.165) is 39.3 Å². The fraction of sp³-hybridized carbons (Fsp3) is 0.520. The van der Waals surface area contributed by atoms with Crippen LogP contribution in [-0.4, -0.2) is 85.0 Å². The molecule has 36 heavy (non-hydrogen) atoms. The van der Waals surface area contributed by atoms with E-state index in [0.29, 0.717) is 34.5 Å². The molecule has 2 heterocycles. The lowest BCUT2D eigenvalue weighted by Crippen LogP contribution is -2.40. The van der Waals surface area contributed by atoms with Crippen LogP contribution in [0.15, 0.2) is 29.6 Å². The van der Waals surface area contributed by atoms with Gasteiger partial charge in [0, 0.05) is 42.1 Å². The van der Waals surface area contributed by atoms with E-state index in [2.05, 4.69) is 20.5 Å². The predicted octanol–water partition coefficient (Wildman–Crippen LogP) is 2.91. The molecule has 2 aromatic rings. The summed E-state index contributed by atoms with van der Waals surface area (Å²) in [6.45, 7) is 9.26. The number of thiazole rings is 1. The molecule has 196 valence electrons. The van der Waals surface area contributed by atoms with Crippen molar-refractivity contribution >= 4 is 45.8 Å². The van der Waals surface area contributed by atoms with Crippen molar-refractivity contribution in [2.75, 3.05) is 57.8 Å². The molecule has 0 saturated carbocycles. The lowest BCUT2D eigenvalue weighted by atomic mass is 10.1. The lowest BCUT2D eigenvalue weighted by Gasteiger charge is -2.26. The van der Waals surface area contributed by atoms with E-state index in [4.69, 9.17) is 16.3 Å². The summed E-state index contributed by atoms with van der Waals surface area (Å²) in [5.41, 5.74) is 1.07. The Balaban J connectivity index is 1.44. The smallest absolute Gasteiger partial charge is 0.254 e. The zero-order valence-electron chi connectivity index (χ0n) is 20.8. The summed E-state index contributed by atoms with van der Waals surface area (Å²) in [4.78, 5) is 46.1. The fourth-order valence-corrected chi connectivity index (χ4v) is 4.65. The Morgan fingerprint density at radius 2 is 1.89 bits per heavy atom. The second-order valence-corrected chi connectivity index (χ2v) is 10.4. The number of aromatic nitrogens is 1. The van der Waals surface area contributed by atoms with Crippen molar-refractivity contribution in [1.29, 1.82) is 0 Å². The zero-order valence-corrected chi connectivity index (χ0v) is 22.4. The van der Waals surface area contributed by atoms with Crippen LogP contribution in [0, 0.1) is 5.92 Å². The Morgan fingerprint density at radius 3 is 2.58 bits per heavy atom. The Labute approximate surface area is 221 Å². The van der Waals surface area contributed by atoms with E-state index >= 15 is 0 Å². The van der Waals surface area contributed by atoms with E-state index in [1.165, 1.54) is 16.2 Å². The molecule has 1 saturated heterocycles. The van der Waals surface area contributed by atoms with Gasteiger partial charge in [-0.3, -0.25) is 19.3 Å². The number of benzene rings is 1. The maximum Gasteiger partial charge on any atom is 0.254 e. The number of halogens is 1. The van der Waals surface area contributed by atoms with Crippen molar-refractivity contribution in [2.24, 2.45) is 5.92 Å². The first kappa shape index (κ1) is 28.0. The standard InChI is InChI=1S/C25H34ClN5O4S/c1-18(2)15-31(24(34)19-4-6-20(26)7-5-19)16-23(33)29-25-28-21(17-36-25)14-22(32)27-8-3-9-30-10-12-35-13-11-30/h4-7,17-18H,3,8-16H2,1-2H3,(H,27,32)(H,28,29,33). The van der Waals surface area contributed by atoms with Gasteiger partial charge in [0.1, 0.15) is 6.54 Å². The molecule has 0 atom stereocenters. The maximum absolute atomic E-state index is 12.9. The van der Waals surface area contributed by atoms with Crippen molar-refractivity contribution < 1.29 is 19.1 Å². The number of rotatable bonds is 12. The topological polar surface area (TPSA) is 104 Å². The van der Waals surface area contributed by atoms with E-state index in [1.54, 1.807) is 29.6 Å². The van der Waals surface area contributed by atoms with Crippen LogP contribution in [-0.2, 0) is 20.7 Å². The summed E-state index contributed by atoms with van der Waals surface area (Å²) in [6.07, 6.45) is 1.03. The number of nitrogens with zero attached hydrogens (tertiary/aromatic N) is 3. The number of ether oxygens (including phenoxy) is 1. The average Bonchev–Trinajstić information content (AvgIpc) is 3.28. The summed E-state index contributed by atoms with van der Waals surface area (Å²) in [5.74, 6) is -0.489. The molecule has 3 amide bonds. The Hall–Kier alpha value is -2.53. The van der Waals surface area contributed by atoms with Crippen LogP contribution < -0.4 is 10.6 Å². The quantitative estimate of drug-likeness (QED) is 0.405. The first-order valence-corrected chi connectivity index (χ1v) is 13.4. The number of carbonyl (C=O) groups excluding carboxylic acids is 3. The Kier molecular flexibility index (Phi) is 11.1. The number of hydrogen-bond acceptors (Lipinski definition) is 7. The molecule has 1 aromatic heterocycles. The average molecular weight is 536 g/mol. The van der Waals surface area contributed by atoms with Gasteiger partial charge in [-0.25, -0.2) is 4.98 Å². The second-order valence-electron chi connectivity index (χ2n) is 9.11. The molecule has 1 aromatic carbocycles. The molecule has 9 nitrogen and oxygen atoms in total. The highest BCUT2D eigenvalue weighted by atomic mass is 35.5. The summed E-state index contributed by atoms with van der Waals surface area (Å²) in [6, 6.07) is 6.60. The minimum Gasteiger partial charge on any atom is -0.379 e. The van der Waals surface area contributed by atoms with Gasteiger partial charge in [-0.2, -0.15) is 0 Å². The first-order valence-electron chi connectivity index (χ1n) is 12.2. The van der Waals surface area contributed by atoms with Crippen molar-refractivity contribution in [3.8, 4) is 0 Å². The molecule has 1 fully saturated rings. The third kappa shape index (κ3) is 9.50. The molecular weight excluding hydrogens is 502 g/mol. The number of nitrogens with one attached hydrogen (secondary N) is 2. The van der Waals surface area contributed by atoms with Gasteiger partial charge in [0.05, 0.1) is 25.3 Å². The van der Waals surface area contributed by atoms with Crippen molar-refractivity contribution in [1.82, 2.24) is 20.1 Å². The number of hydrogen-bond donors (Lipinski definition) is 2. The van der Waals surface area contributed by atoms with Gasteiger partial charge in [0.15, 0.2) is 5.13 Å². The minimum atomic E-state index is -0.341. The van der Waals surface area contributed by atoms with Gasteiger partial charge in [-0.15, -0.1) is 11.3 Å². The third-order valence-electron chi connectivity index (χ3n) is 5.52. The van der Waals surface area contributed by atoms with Crippen LogP contribution in [0.5, 0.6) is 0 Å². The Morgan fingerprint density at radius 1 is 1.17 bits per heavy atom. The Bertz CT molecular complexity index is 1010. The summed E-state index contributed by atoms with van der Waals surface area (Å²) in [5, 5.41) is 8.38. The van der Waals surface area contributed by atoms with Gasteiger partial charge in [0.25, 0.3) is 5.91 Å². The van der Waals surface area contributed by atoms with Crippen molar-refractivity contribution in [3.63, 3.8) is 0 Å². The number of carbonyl (C=O) groups is 3. The largest absolute Gasteiger partial charge is 0.379 e. The van der Waals surface area contributed by atoms with Crippen LogP contribution in [0.2, 0.25) is 5.02 Å². The van der Waals surface area contributed by atoms with E-state index in [-0.39, 0.29) is 36.6 Å². The van der Waals surface area contributed by atoms with Crippen molar-refractivity contribution in [3.05, 3.63) is 45.9 Å². The highest BCUT2D eigenvalue weighted by molar-refractivity contribution is 7.13. The van der Waals surface area contributed by atoms with Gasteiger partial charge in [-0.1, -0.05) is 25.4 Å². The van der Waals surface area contributed by atoms with Gasteiger partial charge >= 0.3 is 0 Å². The first-order chi connectivity index (χ1) is 17.3. The number of morpholine rings is 1. The van der Waals surface area contributed by atoms with E-state index in [9.17, 15) is 14.4 Å². The minimum absolute atomic E-state index is 0.0990. The normalized spacial score (nSPS) is 14.0. The van der Waals surface area contributed by atoms with Crippen LogP contribution in [0.1, 0.15) is 36.3 Å². The summed E-state index contributed by atoms with van der Waals surface area (Å²) in [7, 11) is 0. The molecule has 0 aliphatic carbocycles. The number of amides is 3.